The van der Waals surface area contributed by atoms with Crippen molar-refractivity contribution in [3.8, 4) is 23.0 Å². The van der Waals surface area contributed by atoms with Gasteiger partial charge in [-0.15, -0.1) is 0 Å². The summed E-state index contributed by atoms with van der Waals surface area (Å²) in [5, 5.41) is 10.7. The van der Waals surface area contributed by atoms with Gasteiger partial charge < -0.3 is 33.9 Å². The number of amides is 1. The van der Waals surface area contributed by atoms with E-state index in [1.54, 1.807) is 14.2 Å². The summed E-state index contributed by atoms with van der Waals surface area (Å²) < 4.78 is 22.4. The van der Waals surface area contributed by atoms with Gasteiger partial charge in [0.25, 0.3) is 0 Å². The number of aryl methyl sites for hydroxylation is 1. The van der Waals surface area contributed by atoms with E-state index in [1.807, 2.05) is 41.3 Å². The van der Waals surface area contributed by atoms with Crippen LogP contribution in [-0.2, 0) is 16.0 Å². The molecule has 2 aliphatic rings. The van der Waals surface area contributed by atoms with Crippen LogP contribution < -0.4 is 18.9 Å². The number of hydrogen-bond donors (Lipinski definition) is 1. The lowest BCUT2D eigenvalue weighted by atomic mass is 9.83. The van der Waals surface area contributed by atoms with Gasteiger partial charge in [0.2, 0.25) is 18.4 Å². The number of methoxy groups -OCH3 is 2. The summed E-state index contributed by atoms with van der Waals surface area (Å²) in [7, 11) is 7.33. The Morgan fingerprint density at radius 3 is 2.43 bits per heavy atom. The molecule has 0 aromatic heterocycles. The number of benzene rings is 2. The van der Waals surface area contributed by atoms with Gasteiger partial charge in [-0.1, -0.05) is 31.5 Å². The fourth-order valence-electron chi connectivity index (χ4n) is 6.48. The Labute approximate surface area is 261 Å². The summed E-state index contributed by atoms with van der Waals surface area (Å²) in [6, 6.07) is 11.2. The van der Waals surface area contributed by atoms with Gasteiger partial charge in [-0.2, -0.15) is 0 Å². The average molecular weight is 612 g/mol. The molecule has 0 spiro atoms. The van der Waals surface area contributed by atoms with Crippen molar-refractivity contribution in [2.75, 3.05) is 67.8 Å². The number of nitrogens with zero attached hydrogens (tertiary/aromatic N) is 3. The van der Waals surface area contributed by atoms with E-state index in [1.165, 1.54) is 0 Å². The minimum atomic E-state index is -0.877. The molecule has 0 saturated carbocycles. The molecule has 3 atom stereocenters. The number of aliphatic carboxylic acids is 1. The third kappa shape index (κ3) is 8.15. The van der Waals surface area contributed by atoms with Crippen LogP contribution in [0.25, 0.3) is 0 Å². The number of carboxylic acids is 1. The Hall–Kier alpha value is -3.50. The lowest BCUT2D eigenvalue weighted by Gasteiger charge is -2.30. The van der Waals surface area contributed by atoms with Gasteiger partial charge in [-0.3, -0.25) is 14.5 Å². The summed E-state index contributed by atoms with van der Waals surface area (Å²) >= 11 is 0. The number of rotatable bonds is 17. The molecule has 2 aromatic rings. The number of carboxylic acid groups (broad SMARTS) is 1. The monoisotopic (exact) mass is 611 g/mol. The molecule has 1 N–H and O–H groups in total. The SMILES string of the molecule is CCCCN(CCCCN(C)C)C(=O)CN1C[C@H](c2cc(OC)c3c(c2)OCO3)[C@@H](C(=O)O)[C@@H]1CCc1ccccc1OC. The molecule has 0 radical (unpaired) electrons. The molecular weight excluding hydrogens is 562 g/mol. The van der Waals surface area contributed by atoms with Crippen LogP contribution in [0.5, 0.6) is 23.0 Å². The Balaban J connectivity index is 1.62. The zero-order valence-corrected chi connectivity index (χ0v) is 26.9. The molecule has 1 fully saturated rings. The van der Waals surface area contributed by atoms with Crippen LogP contribution in [0, 0.1) is 5.92 Å². The molecule has 44 heavy (non-hydrogen) atoms. The molecule has 2 aromatic carbocycles. The van der Waals surface area contributed by atoms with Gasteiger partial charge in [0.15, 0.2) is 11.5 Å². The molecule has 1 saturated heterocycles. The molecule has 0 unspecified atom stereocenters. The van der Waals surface area contributed by atoms with Crippen molar-refractivity contribution >= 4 is 11.9 Å². The van der Waals surface area contributed by atoms with E-state index in [0.717, 1.165) is 49.1 Å². The van der Waals surface area contributed by atoms with Gasteiger partial charge in [-0.25, -0.2) is 0 Å². The van der Waals surface area contributed by atoms with Gasteiger partial charge in [0.1, 0.15) is 5.75 Å². The number of likely N-dealkylation sites (tertiary alicyclic amines) is 1. The van der Waals surface area contributed by atoms with Crippen molar-refractivity contribution < 1.29 is 33.6 Å². The number of carbonyl (C=O) groups excluding carboxylic acids is 1. The Kier molecular flexibility index (Phi) is 12.1. The number of fused-ring (bicyclic) bond motifs is 1. The maximum absolute atomic E-state index is 13.9. The normalized spacial score (nSPS) is 19.4. The third-order valence-corrected chi connectivity index (χ3v) is 8.80. The second-order valence-corrected chi connectivity index (χ2v) is 12.0. The number of unbranched alkanes of at least 4 members (excludes halogenated alkanes) is 2. The highest BCUT2D eigenvalue weighted by atomic mass is 16.7. The zero-order chi connectivity index (χ0) is 31.6. The molecule has 1 amide bonds. The van der Waals surface area contributed by atoms with Crippen LogP contribution in [0.3, 0.4) is 0 Å². The van der Waals surface area contributed by atoms with Crippen molar-refractivity contribution in [3.63, 3.8) is 0 Å². The summed E-state index contributed by atoms with van der Waals surface area (Å²) in [5.74, 6) is 0.455. The third-order valence-electron chi connectivity index (χ3n) is 8.80. The number of ether oxygens (including phenoxy) is 4. The maximum atomic E-state index is 13.9. The van der Waals surface area contributed by atoms with Crippen molar-refractivity contribution in [3.05, 3.63) is 47.5 Å². The van der Waals surface area contributed by atoms with Gasteiger partial charge in [0, 0.05) is 31.6 Å². The predicted octanol–water partition coefficient (Wildman–Crippen LogP) is 4.50. The van der Waals surface area contributed by atoms with Crippen molar-refractivity contribution in [1.29, 1.82) is 0 Å². The quantitative estimate of drug-likeness (QED) is 0.259. The highest BCUT2D eigenvalue weighted by molar-refractivity contribution is 5.79. The molecular formula is C34H49N3O7. The Morgan fingerprint density at radius 2 is 1.73 bits per heavy atom. The van der Waals surface area contributed by atoms with E-state index in [9.17, 15) is 14.7 Å². The van der Waals surface area contributed by atoms with Crippen molar-refractivity contribution in [2.45, 2.75) is 57.4 Å². The van der Waals surface area contributed by atoms with Gasteiger partial charge >= 0.3 is 5.97 Å². The number of hydrogen-bond acceptors (Lipinski definition) is 8. The Morgan fingerprint density at radius 1 is 1.00 bits per heavy atom. The van der Waals surface area contributed by atoms with Crippen LogP contribution in [0.2, 0.25) is 0 Å². The Bertz CT molecular complexity index is 1250. The van der Waals surface area contributed by atoms with Crippen LogP contribution in [0.4, 0.5) is 0 Å². The molecule has 10 heteroatoms. The standard InChI is InChI=1S/C34H49N3O7/c1-6-7-17-36(18-11-10-16-35(2)3)31(38)22-37-21-26(25-19-29(42-5)33-30(20-25)43-23-44-33)32(34(39)40)27(37)15-14-24-12-8-9-13-28(24)41-4/h8-9,12-13,19-20,26-27,32H,6-7,10-11,14-18,21-23H2,1-5H3,(H,39,40)/t26-,27+,32-/m1/s1. The predicted molar refractivity (Wildman–Crippen MR) is 169 cm³/mol. The molecule has 2 heterocycles. The molecule has 242 valence electrons. The summed E-state index contributed by atoms with van der Waals surface area (Å²) in [5.41, 5.74) is 1.83. The van der Waals surface area contributed by atoms with Crippen LogP contribution >= 0.6 is 0 Å². The minimum absolute atomic E-state index is 0.0543. The summed E-state index contributed by atoms with van der Waals surface area (Å²) in [4.78, 5) is 33.1. The first-order chi connectivity index (χ1) is 21.3. The minimum Gasteiger partial charge on any atom is -0.496 e. The molecule has 0 bridgehead atoms. The fourth-order valence-corrected chi connectivity index (χ4v) is 6.48. The first-order valence-electron chi connectivity index (χ1n) is 15.8. The highest BCUT2D eigenvalue weighted by Crippen LogP contribution is 2.47. The van der Waals surface area contributed by atoms with E-state index in [4.69, 9.17) is 18.9 Å². The van der Waals surface area contributed by atoms with E-state index < -0.39 is 11.9 Å². The topological polar surface area (TPSA) is 101 Å². The first-order valence-corrected chi connectivity index (χ1v) is 15.8. The number of carbonyl (C=O) groups is 2. The van der Waals surface area contributed by atoms with E-state index in [0.29, 0.717) is 49.7 Å². The molecule has 4 rings (SSSR count). The molecule has 10 nitrogen and oxygen atoms in total. The van der Waals surface area contributed by atoms with Crippen LogP contribution in [0.15, 0.2) is 36.4 Å². The summed E-state index contributed by atoms with van der Waals surface area (Å²) in [6.45, 7) is 5.23. The fraction of sp³-hybridized carbons (Fsp3) is 0.588. The van der Waals surface area contributed by atoms with Crippen molar-refractivity contribution in [1.82, 2.24) is 14.7 Å². The first kappa shape index (κ1) is 33.4. The van der Waals surface area contributed by atoms with Crippen molar-refractivity contribution in [2.24, 2.45) is 5.92 Å². The lowest BCUT2D eigenvalue weighted by Crippen LogP contribution is -2.45. The second-order valence-electron chi connectivity index (χ2n) is 12.0. The van der Waals surface area contributed by atoms with Gasteiger partial charge in [-0.05, 0) is 82.1 Å². The second kappa shape index (κ2) is 16.0. The number of para-hydroxylation sites is 1. The summed E-state index contributed by atoms with van der Waals surface area (Å²) in [6.07, 6.45) is 5.09. The molecule has 0 aliphatic carbocycles. The zero-order valence-electron chi connectivity index (χ0n) is 26.9. The van der Waals surface area contributed by atoms with Crippen LogP contribution in [0.1, 0.15) is 56.1 Å². The van der Waals surface area contributed by atoms with E-state index >= 15 is 0 Å². The maximum Gasteiger partial charge on any atom is 0.308 e. The molecule has 2 aliphatic heterocycles. The highest BCUT2D eigenvalue weighted by Gasteiger charge is 2.47. The van der Waals surface area contributed by atoms with Gasteiger partial charge in [0.05, 0.1) is 26.7 Å². The van der Waals surface area contributed by atoms with E-state index in [2.05, 4.69) is 30.8 Å². The van der Waals surface area contributed by atoms with Crippen LogP contribution in [-0.4, -0.2) is 106 Å². The average Bonchev–Trinajstić information content (AvgIpc) is 3.63. The smallest absolute Gasteiger partial charge is 0.308 e. The lowest BCUT2D eigenvalue weighted by molar-refractivity contribution is -0.143. The largest absolute Gasteiger partial charge is 0.496 e. The van der Waals surface area contributed by atoms with E-state index in [-0.39, 0.29) is 31.2 Å².